The van der Waals surface area contributed by atoms with Gasteiger partial charge in [-0.15, -0.1) is 0 Å². The summed E-state index contributed by atoms with van der Waals surface area (Å²) >= 11 is 5.87. The van der Waals surface area contributed by atoms with Gasteiger partial charge in [0.25, 0.3) is 0 Å². The van der Waals surface area contributed by atoms with Crippen molar-refractivity contribution in [1.82, 2.24) is 5.48 Å². The molecule has 0 saturated heterocycles. The molecule has 0 aliphatic rings. The first-order chi connectivity index (χ1) is 11.9. The Labute approximate surface area is 149 Å². The molecule has 2 unspecified atom stereocenters. The number of halogens is 3. The lowest BCUT2D eigenvalue weighted by Gasteiger charge is -2.27. The normalized spacial score (nSPS) is 13.3. The van der Waals surface area contributed by atoms with Gasteiger partial charge in [-0.1, -0.05) is 29.8 Å². The fraction of sp³-hybridized carbons (Fsp3) is 0.278. The van der Waals surface area contributed by atoms with E-state index in [2.05, 4.69) is 0 Å². The molecule has 0 saturated carbocycles. The topological polar surface area (TPSA) is 61.4 Å². The standard InChI is InChI=1S/C18H17ClF2NO3/c1-25-17(10-18(23)22-24)15(8-11-2-4-12(19)5-3-11)14-7-6-13(20)9-16(14)21/h2-7,9,15,17H,8,10H2,1H3,(H-,22,23,24)/q-1. The SMILES string of the molecule is COC(CC(=O)N[O-])C(Cc1ccc(Cl)cc1)c1ccc(F)cc1F. The minimum Gasteiger partial charge on any atom is -0.759 e. The smallest absolute Gasteiger partial charge is 0.212 e. The molecule has 0 aliphatic carbocycles. The van der Waals surface area contributed by atoms with E-state index in [0.29, 0.717) is 11.4 Å². The van der Waals surface area contributed by atoms with Crippen molar-refractivity contribution in [3.63, 3.8) is 0 Å². The zero-order valence-corrected chi connectivity index (χ0v) is 14.2. The van der Waals surface area contributed by atoms with E-state index in [1.54, 1.807) is 24.3 Å². The van der Waals surface area contributed by atoms with Crippen molar-refractivity contribution in [3.05, 3.63) is 75.5 Å². The lowest BCUT2D eigenvalue weighted by molar-refractivity contribution is -0.123. The van der Waals surface area contributed by atoms with E-state index in [1.165, 1.54) is 18.7 Å². The van der Waals surface area contributed by atoms with Gasteiger partial charge in [0.2, 0.25) is 5.91 Å². The Morgan fingerprint density at radius 3 is 2.48 bits per heavy atom. The van der Waals surface area contributed by atoms with Gasteiger partial charge in [-0.3, -0.25) is 4.79 Å². The van der Waals surface area contributed by atoms with Crippen molar-refractivity contribution >= 4 is 17.5 Å². The number of rotatable bonds is 7. The number of hydroxylamine groups is 1. The zero-order chi connectivity index (χ0) is 18.4. The second-order valence-corrected chi connectivity index (χ2v) is 6.04. The van der Waals surface area contributed by atoms with Crippen LogP contribution in [-0.2, 0) is 16.0 Å². The summed E-state index contributed by atoms with van der Waals surface area (Å²) in [6.45, 7) is 0. The molecule has 4 nitrogen and oxygen atoms in total. The van der Waals surface area contributed by atoms with Crippen molar-refractivity contribution in [2.45, 2.75) is 24.9 Å². The molecular weight excluding hydrogens is 352 g/mol. The molecule has 25 heavy (non-hydrogen) atoms. The van der Waals surface area contributed by atoms with Crippen molar-refractivity contribution in [3.8, 4) is 0 Å². The molecule has 0 radical (unpaired) electrons. The molecule has 2 atom stereocenters. The number of amides is 1. The van der Waals surface area contributed by atoms with Crippen LogP contribution in [0.3, 0.4) is 0 Å². The number of carbonyl (C=O) groups excluding carboxylic acids is 1. The van der Waals surface area contributed by atoms with Crippen LogP contribution in [0.25, 0.3) is 0 Å². The summed E-state index contributed by atoms with van der Waals surface area (Å²) < 4.78 is 32.9. The van der Waals surface area contributed by atoms with Gasteiger partial charge in [0, 0.05) is 24.1 Å². The molecule has 2 rings (SSSR count). The van der Waals surface area contributed by atoms with E-state index in [9.17, 15) is 18.8 Å². The van der Waals surface area contributed by atoms with Crippen molar-refractivity contribution in [1.29, 1.82) is 0 Å². The highest BCUT2D eigenvalue weighted by Crippen LogP contribution is 2.31. The third-order valence-electron chi connectivity index (χ3n) is 3.98. The zero-order valence-electron chi connectivity index (χ0n) is 13.5. The molecule has 0 heterocycles. The number of ether oxygens (including phenoxy) is 1. The second-order valence-electron chi connectivity index (χ2n) is 5.61. The van der Waals surface area contributed by atoms with Crippen molar-refractivity contribution < 1.29 is 18.3 Å². The molecule has 2 aromatic carbocycles. The average Bonchev–Trinajstić information content (AvgIpc) is 2.60. The van der Waals surface area contributed by atoms with E-state index in [0.717, 1.165) is 17.7 Å². The van der Waals surface area contributed by atoms with Crippen molar-refractivity contribution in [2.24, 2.45) is 0 Å². The van der Waals surface area contributed by atoms with E-state index in [1.807, 2.05) is 0 Å². The minimum absolute atomic E-state index is 0.210. The third-order valence-corrected chi connectivity index (χ3v) is 4.23. The van der Waals surface area contributed by atoms with Crippen LogP contribution in [-0.4, -0.2) is 19.1 Å². The predicted molar refractivity (Wildman–Crippen MR) is 91.2 cm³/mol. The average molecular weight is 369 g/mol. The molecule has 0 aromatic heterocycles. The monoisotopic (exact) mass is 368 g/mol. The van der Waals surface area contributed by atoms with Crippen LogP contribution in [0.15, 0.2) is 42.5 Å². The Bertz CT molecular complexity index is 725. The van der Waals surface area contributed by atoms with Gasteiger partial charge >= 0.3 is 0 Å². The van der Waals surface area contributed by atoms with Crippen molar-refractivity contribution in [2.75, 3.05) is 7.11 Å². The number of hydrogen-bond donors (Lipinski definition) is 1. The van der Waals surface area contributed by atoms with Gasteiger partial charge in [0.05, 0.1) is 12.5 Å². The molecule has 0 fully saturated rings. The maximum Gasteiger partial charge on any atom is 0.212 e. The van der Waals surface area contributed by atoms with Gasteiger partial charge in [-0.2, -0.15) is 0 Å². The highest BCUT2D eigenvalue weighted by Gasteiger charge is 2.28. The molecule has 0 bridgehead atoms. The number of methoxy groups -OCH3 is 1. The van der Waals surface area contributed by atoms with E-state index in [-0.39, 0.29) is 12.0 Å². The summed E-state index contributed by atoms with van der Waals surface area (Å²) in [5.41, 5.74) is 2.34. The summed E-state index contributed by atoms with van der Waals surface area (Å²) in [6, 6.07) is 10.2. The Morgan fingerprint density at radius 2 is 1.92 bits per heavy atom. The Balaban J connectivity index is 2.38. The van der Waals surface area contributed by atoms with Crippen LogP contribution >= 0.6 is 11.6 Å². The lowest BCUT2D eigenvalue weighted by Crippen LogP contribution is -2.30. The molecule has 134 valence electrons. The fourth-order valence-corrected chi connectivity index (χ4v) is 2.86. The van der Waals surface area contributed by atoms with Gasteiger partial charge in [0.1, 0.15) is 11.6 Å². The van der Waals surface area contributed by atoms with Crippen LogP contribution < -0.4 is 5.48 Å². The summed E-state index contributed by atoms with van der Waals surface area (Å²) in [7, 11) is 1.37. The highest BCUT2D eigenvalue weighted by atomic mass is 35.5. The van der Waals surface area contributed by atoms with E-state index < -0.39 is 29.6 Å². The largest absolute Gasteiger partial charge is 0.759 e. The maximum atomic E-state index is 14.3. The van der Waals surface area contributed by atoms with E-state index in [4.69, 9.17) is 16.3 Å². The minimum atomic E-state index is -0.768. The lowest BCUT2D eigenvalue weighted by atomic mass is 9.85. The van der Waals surface area contributed by atoms with Gasteiger partial charge < -0.3 is 15.4 Å². The van der Waals surface area contributed by atoms with Gasteiger partial charge in [0.15, 0.2) is 0 Å². The van der Waals surface area contributed by atoms with Gasteiger partial charge in [-0.05, 0) is 35.7 Å². The number of carbonyl (C=O) groups is 1. The third kappa shape index (κ3) is 5.22. The second kappa shape index (κ2) is 8.89. The highest BCUT2D eigenvalue weighted by molar-refractivity contribution is 6.30. The molecule has 7 heteroatoms. The van der Waals surface area contributed by atoms with Crippen LogP contribution in [0, 0.1) is 16.8 Å². The molecule has 2 aromatic rings. The summed E-state index contributed by atoms with van der Waals surface area (Å²) in [6.07, 6.45) is -0.677. The number of hydrogen-bond acceptors (Lipinski definition) is 3. The summed E-state index contributed by atoms with van der Waals surface area (Å²) in [4.78, 5) is 11.5. The summed E-state index contributed by atoms with van der Waals surface area (Å²) in [5.74, 6) is -2.79. The van der Waals surface area contributed by atoms with Crippen LogP contribution in [0.4, 0.5) is 8.78 Å². The first-order valence-corrected chi connectivity index (χ1v) is 7.95. The Kier molecular flexibility index (Phi) is 6.87. The first-order valence-electron chi connectivity index (χ1n) is 7.57. The predicted octanol–water partition coefficient (Wildman–Crippen LogP) is 3.96. The van der Waals surface area contributed by atoms with Crippen LogP contribution in [0.5, 0.6) is 0 Å². The quantitative estimate of drug-likeness (QED) is 0.752. The van der Waals surface area contributed by atoms with Crippen LogP contribution in [0.1, 0.15) is 23.5 Å². The molecule has 1 amide bonds. The van der Waals surface area contributed by atoms with Gasteiger partial charge in [-0.25, -0.2) is 8.78 Å². The molecular formula is C18H17ClF2NO3-. The molecule has 0 spiro atoms. The summed E-state index contributed by atoms with van der Waals surface area (Å²) in [5, 5.41) is 11.1. The van der Waals surface area contributed by atoms with E-state index >= 15 is 0 Å². The molecule has 1 N–H and O–H groups in total. The maximum absolute atomic E-state index is 14.3. The number of benzene rings is 2. The fourth-order valence-electron chi connectivity index (χ4n) is 2.73. The molecule has 0 aliphatic heterocycles. The van der Waals surface area contributed by atoms with Crippen LogP contribution in [0.2, 0.25) is 5.02 Å². The first kappa shape index (κ1) is 19.3. The Morgan fingerprint density at radius 1 is 1.24 bits per heavy atom. The Hall–Kier alpha value is -2.02. The number of nitrogens with one attached hydrogen (secondary N) is 1.